The van der Waals surface area contributed by atoms with Crippen LogP contribution in [0.1, 0.15) is 53.2 Å². The molecule has 128 valence electrons. The highest BCUT2D eigenvalue weighted by molar-refractivity contribution is 5.94. The molecule has 0 saturated heterocycles. The lowest BCUT2D eigenvalue weighted by atomic mass is 9.82. The summed E-state index contributed by atoms with van der Waals surface area (Å²) in [5.41, 5.74) is 8.38. The second-order valence-corrected chi connectivity index (χ2v) is 6.17. The lowest BCUT2D eigenvalue weighted by Crippen LogP contribution is -2.37. The van der Waals surface area contributed by atoms with Gasteiger partial charge >= 0.3 is 0 Å². The summed E-state index contributed by atoms with van der Waals surface area (Å²) in [6, 6.07) is 14.4. The van der Waals surface area contributed by atoms with Gasteiger partial charge in [0.15, 0.2) is 0 Å². The maximum atomic E-state index is 12.4. The van der Waals surface area contributed by atoms with E-state index in [0.717, 1.165) is 31.4 Å². The fourth-order valence-corrected chi connectivity index (χ4v) is 3.30. The van der Waals surface area contributed by atoms with Crippen LogP contribution in [0.15, 0.2) is 48.7 Å². The third kappa shape index (κ3) is 4.56. The van der Waals surface area contributed by atoms with Crippen LogP contribution < -0.4 is 11.1 Å². The van der Waals surface area contributed by atoms with Gasteiger partial charge in [-0.05, 0) is 49.3 Å². The summed E-state index contributed by atoms with van der Waals surface area (Å²) in [7, 11) is 0. The minimum Gasteiger partial charge on any atom is -0.349 e. The minimum atomic E-state index is -0.0229. The van der Waals surface area contributed by atoms with Gasteiger partial charge in [0.05, 0.1) is 5.69 Å². The number of benzene rings is 1. The number of hydrogen-bond donors (Lipinski definition) is 2. The first-order valence-electron chi connectivity index (χ1n) is 8.27. The van der Waals surface area contributed by atoms with E-state index in [2.05, 4.69) is 40.6 Å². The van der Waals surface area contributed by atoms with Crippen LogP contribution >= 0.6 is 12.4 Å². The van der Waals surface area contributed by atoms with E-state index in [1.54, 1.807) is 18.3 Å². The standard InChI is InChI=1S/C19H23N3O.ClH/c20-13-18-12-16(10-11-21-18)19(23)22-17-8-6-15(7-9-17)14-4-2-1-3-5-14;/h1-5,10-12,15,17H,6-9,13,20H2,(H,22,23);1H. The van der Waals surface area contributed by atoms with Gasteiger partial charge in [-0.2, -0.15) is 0 Å². The van der Waals surface area contributed by atoms with E-state index in [0.29, 0.717) is 18.0 Å². The summed E-state index contributed by atoms with van der Waals surface area (Å²) < 4.78 is 0. The van der Waals surface area contributed by atoms with Crippen LogP contribution in [0.25, 0.3) is 0 Å². The van der Waals surface area contributed by atoms with Crippen molar-refractivity contribution in [2.75, 3.05) is 0 Å². The van der Waals surface area contributed by atoms with E-state index in [-0.39, 0.29) is 24.4 Å². The maximum absolute atomic E-state index is 12.4. The topological polar surface area (TPSA) is 68.0 Å². The molecule has 4 nitrogen and oxygen atoms in total. The predicted octanol–water partition coefficient (Wildman–Crippen LogP) is 3.42. The quantitative estimate of drug-likeness (QED) is 0.892. The van der Waals surface area contributed by atoms with Crippen molar-refractivity contribution in [1.29, 1.82) is 0 Å². The Bertz CT molecular complexity index is 655. The van der Waals surface area contributed by atoms with Crippen LogP contribution in [0.2, 0.25) is 0 Å². The van der Waals surface area contributed by atoms with Crippen molar-refractivity contribution in [3.05, 3.63) is 65.5 Å². The van der Waals surface area contributed by atoms with Gasteiger partial charge in [-0.15, -0.1) is 12.4 Å². The lowest BCUT2D eigenvalue weighted by molar-refractivity contribution is 0.0925. The molecule has 1 aliphatic rings. The van der Waals surface area contributed by atoms with Gasteiger partial charge in [0.1, 0.15) is 0 Å². The van der Waals surface area contributed by atoms with Crippen LogP contribution in [0, 0.1) is 0 Å². The van der Waals surface area contributed by atoms with Crippen molar-refractivity contribution >= 4 is 18.3 Å². The molecule has 1 amide bonds. The highest BCUT2D eigenvalue weighted by Gasteiger charge is 2.23. The normalized spacial score (nSPS) is 20.0. The van der Waals surface area contributed by atoms with E-state index in [9.17, 15) is 4.79 Å². The van der Waals surface area contributed by atoms with Crippen molar-refractivity contribution in [3.8, 4) is 0 Å². The van der Waals surface area contributed by atoms with Crippen molar-refractivity contribution < 1.29 is 4.79 Å². The average Bonchev–Trinajstić information content (AvgIpc) is 2.63. The van der Waals surface area contributed by atoms with Crippen LogP contribution in [0.5, 0.6) is 0 Å². The molecule has 0 aliphatic heterocycles. The van der Waals surface area contributed by atoms with Gasteiger partial charge in [0.2, 0.25) is 0 Å². The van der Waals surface area contributed by atoms with Gasteiger partial charge in [0, 0.05) is 24.3 Å². The molecule has 1 aromatic carbocycles. The Morgan fingerprint density at radius 2 is 1.83 bits per heavy atom. The molecule has 1 heterocycles. The van der Waals surface area contributed by atoms with E-state index in [1.165, 1.54) is 5.56 Å². The first-order valence-corrected chi connectivity index (χ1v) is 8.27. The first-order chi connectivity index (χ1) is 11.3. The second kappa shape index (κ2) is 8.81. The Labute approximate surface area is 149 Å². The van der Waals surface area contributed by atoms with Crippen LogP contribution in [-0.4, -0.2) is 16.9 Å². The van der Waals surface area contributed by atoms with Crippen molar-refractivity contribution in [2.24, 2.45) is 5.73 Å². The zero-order chi connectivity index (χ0) is 16.1. The smallest absolute Gasteiger partial charge is 0.251 e. The third-order valence-corrected chi connectivity index (χ3v) is 4.62. The summed E-state index contributed by atoms with van der Waals surface area (Å²) in [6.07, 6.45) is 5.95. The van der Waals surface area contributed by atoms with E-state index in [1.807, 2.05) is 0 Å². The summed E-state index contributed by atoms with van der Waals surface area (Å²) in [4.78, 5) is 16.5. The summed E-state index contributed by atoms with van der Waals surface area (Å²) >= 11 is 0. The predicted molar refractivity (Wildman–Crippen MR) is 98.3 cm³/mol. The fraction of sp³-hybridized carbons (Fsp3) is 0.368. The number of nitrogens with zero attached hydrogens (tertiary/aromatic N) is 1. The molecule has 5 heteroatoms. The van der Waals surface area contributed by atoms with Gasteiger partial charge in [-0.1, -0.05) is 30.3 Å². The zero-order valence-electron chi connectivity index (χ0n) is 13.7. The molecular weight excluding hydrogens is 322 g/mol. The average molecular weight is 346 g/mol. The second-order valence-electron chi connectivity index (χ2n) is 6.17. The van der Waals surface area contributed by atoms with E-state index >= 15 is 0 Å². The number of nitrogens with two attached hydrogens (primary N) is 1. The van der Waals surface area contributed by atoms with Gasteiger partial charge in [0.25, 0.3) is 5.91 Å². The van der Waals surface area contributed by atoms with Gasteiger partial charge in [-0.3, -0.25) is 9.78 Å². The molecule has 0 spiro atoms. The van der Waals surface area contributed by atoms with Crippen LogP contribution in [0.4, 0.5) is 0 Å². The number of nitrogens with one attached hydrogen (secondary N) is 1. The van der Waals surface area contributed by atoms with Gasteiger partial charge in [-0.25, -0.2) is 0 Å². The fourth-order valence-electron chi connectivity index (χ4n) is 3.30. The van der Waals surface area contributed by atoms with Crippen molar-refractivity contribution in [2.45, 2.75) is 44.2 Å². The number of amides is 1. The number of halogens is 1. The zero-order valence-corrected chi connectivity index (χ0v) is 14.5. The highest BCUT2D eigenvalue weighted by Crippen LogP contribution is 2.32. The van der Waals surface area contributed by atoms with Gasteiger partial charge < -0.3 is 11.1 Å². The van der Waals surface area contributed by atoms with E-state index < -0.39 is 0 Å². The Morgan fingerprint density at radius 3 is 2.50 bits per heavy atom. The van der Waals surface area contributed by atoms with Crippen LogP contribution in [-0.2, 0) is 6.54 Å². The Hall–Kier alpha value is -1.91. The van der Waals surface area contributed by atoms with Crippen LogP contribution in [0.3, 0.4) is 0 Å². The monoisotopic (exact) mass is 345 g/mol. The van der Waals surface area contributed by atoms with Crippen molar-refractivity contribution in [3.63, 3.8) is 0 Å². The number of carbonyl (C=O) groups excluding carboxylic acids is 1. The molecule has 0 bridgehead atoms. The SMILES string of the molecule is Cl.NCc1cc(C(=O)NC2CCC(c3ccccc3)CC2)ccn1. The van der Waals surface area contributed by atoms with E-state index in [4.69, 9.17) is 5.73 Å². The molecule has 1 fully saturated rings. The molecule has 2 aromatic rings. The Balaban J connectivity index is 0.00000208. The molecule has 1 saturated carbocycles. The molecule has 0 unspecified atom stereocenters. The molecule has 24 heavy (non-hydrogen) atoms. The number of aromatic nitrogens is 1. The highest BCUT2D eigenvalue weighted by atomic mass is 35.5. The lowest BCUT2D eigenvalue weighted by Gasteiger charge is -2.29. The third-order valence-electron chi connectivity index (χ3n) is 4.62. The molecule has 3 rings (SSSR count). The maximum Gasteiger partial charge on any atom is 0.251 e. The summed E-state index contributed by atoms with van der Waals surface area (Å²) in [5.74, 6) is 0.597. The number of pyridine rings is 1. The molecule has 0 atom stereocenters. The molecule has 0 radical (unpaired) electrons. The Morgan fingerprint density at radius 1 is 1.12 bits per heavy atom. The number of carbonyl (C=O) groups is 1. The number of hydrogen-bond acceptors (Lipinski definition) is 3. The molecule has 3 N–H and O–H groups in total. The summed E-state index contributed by atoms with van der Waals surface area (Å²) in [5, 5.41) is 3.15. The number of rotatable bonds is 4. The molecule has 1 aromatic heterocycles. The molecular formula is C19H24ClN3O. The minimum absolute atomic E-state index is 0. The largest absolute Gasteiger partial charge is 0.349 e. The Kier molecular flexibility index (Phi) is 6.76. The first kappa shape index (κ1) is 18.4. The van der Waals surface area contributed by atoms with Crippen molar-refractivity contribution in [1.82, 2.24) is 10.3 Å². The molecule has 1 aliphatic carbocycles. The summed E-state index contributed by atoms with van der Waals surface area (Å²) in [6.45, 7) is 0.351.